The van der Waals surface area contributed by atoms with Gasteiger partial charge < -0.3 is 4.90 Å². The molecule has 0 atom stereocenters. The monoisotopic (exact) mass is 361 g/mol. The van der Waals surface area contributed by atoms with Gasteiger partial charge in [-0.15, -0.1) is 11.3 Å². The molecule has 2 aliphatic carbocycles. The van der Waals surface area contributed by atoms with E-state index in [2.05, 4.69) is 4.90 Å². The Labute approximate surface area is 153 Å². The Morgan fingerprint density at radius 1 is 0.920 bits per heavy atom. The number of hydrogen-bond acceptors (Lipinski definition) is 4. The lowest BCUT2D eigenvalue weighted by molar-refractivity contribution is -0.136. The second-order valence-electron chi connectivity index (χ2n) is 7.26. The number of rotatable bonds is 9. The molecule has 2 saturated carbocycles. The second kappa shape index (κ2) is 8.75. The van der Waals surface area contributed by atoms with Gasteiger partial charge in [0.2, 0.25) is 5.91 Å². The molecule has 0 aliphatic heterocycles. The van der Waals surface area contributed by atoms with Crippen LogP contribution in [0.2, 0.25) is 0 Å². The largest absolute Gasteiger partial charge is 0.337 e. The fraction of sp³-hybridized carbons (Fsp3) is 0.650. The van der Waals surface area contributed by atoms with E-state index in [1.54, 1.807) is 6.07 Å². The standard InChI is InChI=1S/C20H27NO3S/c22-17(10-12-18(23)19-7-4-14-25-19)11-13-20(24)21(16-8-9-16)15-5-2-1-3-6-15/h4,7,14-16H,1-3,5-6,8-13H2. The summed E-state index contributed by atoms with van der Waals surface area (Å²) in [5.41, 5.74) is 0. The zero-order chi connectivity index (χ0) is 17.6. The van der Waals surface area contributed by atoms with Crippen molar-refractivity contribution in [1.29, 1.82) is 0 Å². The average molecular weight is 362 g/mol. The first-order chi connectivity index (χ1) is 12.1. The third kappa shape index (κ3) is 5.24. The van der Waals surface area contributed by atoms with Crippen molar-refractivity contribution in [2.24, 2.45) is 0 Å². The minimum Gasteiger partial charge on any atom is -0.337 e. The Morgan fingerprint density at radius 3 is 2.24 bits per heavy atom. The van der Waals surface area contributed by atoms with Crippen LogP contribution in [-0.2, 0) is 9.59 Å². The van der Waals surface area contributed by atoms with E-state index in [1.807, 2.05) is 11.4 Å². The number of nitrogens with zero attached hydrogens (tertiary/aromatic N) is 1. The van der Waals surface area contributed by atoms with Gasteiger partial charge in [0.05, 0.1) is 4.88 Å². The van der Waals surface area contributed by atoms with E-state index in [4.69, 9.17) is 0 Å². The highest BCUT2D eigenvalue weighted by atomic mass is 32.1. The Kier molecular flexibility index (Phi) is 6.40. The molecule has 0 spiro atoms. The van der Waals surface area contributed by atoms with Gasteiger partial charge >= 0.3 is 0 Å². The molecule has 0 radical (unpaired) electrons. The van der Waals surface area contributed by atoms with Crippen LogP contribution in [0.15, 0.2) is 17.5 Å². The summed E-state index contributed by atoms with van der Waals surface area (Å²) in [7, 11) is 0. The highest BCUT2D eigenvalue weighted by Crippen LogP contribution is 2.34. The molecule has 0 N–H and O–H groups in total. The van der Waals surface area contributed by atoms with Crippen LogP contribution in [0.3, 0.4) is 0 Å². The van der Waals surface area contributed by atoms with Crippen LogP contribution >= 0.6 is 11.3 Å². The molecule has 4 nitrogen and oxygen atoms in total. The van der Waals surface area contributed by atoms with E-state index in [0.29, 0.717) is 23.4 Å². The van der Waals surface area contributed by atoms with E-state index in [1.165, 1.54) is 30.6 Å². The van der Waals surface area contributed by atoms with Gasteiger partial charge in [0.15, 0.2) is 5.78 Å². The molecule has 2 aliphatic rings. The molecule has 1 heterocycles. The lowest BCUT2D eigenvalue weighted by Crippen LogP contribution is -2.43. The molecular weight excluding hydrogens is 334 g/mol. The van der Waals surface area contributed by atoms with E-state index in [9.17, 15) is 14.4 Å². The smallest absolute Gasteiger partial charge is 0.223 e. The maximum atomic E-state index is 12.7. The SMILES string of the molecule is O=C(CCC(=O)c1cccs1)CCC(=O)N(C1CCCCC1)C1CC1. The first-order valence-corrected chi connectivity index (χ1v) is 10.4. The second-order valence-corrected chi connectivity index (χ2v) is 8.21. The maximum Gasteiger partial charge on any atom is 0.223 e. The van der Waals surface area contributed by atoms with Crippen LogP contribution in [-0.4, -0.2) is 34.5 Å². The highest BCUT2D eigenvalue weighted by Gasteiger charge is 2.37. The summed E-state index contributed by atoms with van der Waals surface area (Å²) in [6.07, 6.45) is 9.24. The Morgan fingerprint density at radius 2 is 1.60 bits per heavy atom. The van der Waals surface area contributed by atoms with Crippen LogP contribution < -0.4 is 0 Å². The molecule has 2 fully saturated rings. The number of amides is 1. The van der Waals surface area contributed by atoms with Crippen molar-refractivity contribution < 1.29 is 14.4 Å². The zero-order valence-electron chi connectivity index (χ0n) is 14.7. The van der Waals surface area contributed by atoms with Crippen molar-refractivity contribution in [2.45, 2.75) is 82.7 Å². The summed E-state index contributed by atoms with van der Waals surface area (Å²) < 4.78 is 0. The van der Waals surface area contributed by atoms with Crippen molar-refractivity contribution in [3.8, 4) is 0 Å². The first-order valence-electron chi connectivity index (χ1n) is 9.54. The molecular formula is C20H27NO3S. The normalized spacial score (nSPS) is 18.1. The molecule has 0 saturated heterocycles. The molecule has 0 bridgehead atoms. The quantitative estimate of drug-likeness (QED) is 0.613. The van der Waals surface area contributed by atoms with Gasteiger partial charge in [-0.3, -0.25) is 14.4 Å². The van der Waals surface area contributed by atoms with Crippen molar-refractivity contribution in [2.75, 3.05) is 0 Å². The number of carbonyl (C=O) groups is 3. The summed E-state index contributed by atoms with van der Waals surface area (Å²) in [5, 5.41) is 1.87. The molecule has 5 heteroatoms. The minimum atomic E-state index is 0.0245. The van der Waals surface area contributed by atoms with Crippen molar-refractivity contribution in [3.05, 3.63) is 22.4 Å². The van der Waals surface area contributed by atoms with Crippen LogP contribution in [0.5, 0.6) is 0 Å². The topological polar surface area (TPSA) is 54.5 Å². The summed E-state index contributed by atoms with van der Waals surface area (Å²) in [4.78, 5) is 39.5. The molecule has 3 rings (SSSR count). The number of carbonyl (C=O) groups excluding carboxylic acids is 3. The number of hydrogen-bond donors (Lipinski definition) is 0. The molecule has 0 aromatic carbocycles. The molecule has 1 amide bonds. The summed E-state index contributed by atoms with van der Waals surface area (Å²) in [5.74, 6) is 0.196. The van der Waals surface area contributed by atoms with Gasteiger partial charge in [-0.25, -0.2) is 0 Å². The van der Waals surface area contributed by atoms with Crippen molar-refractivity contribution in [1.82, 2.24) is 4.90 Å². The molecule has 1 aromatic heterocycles. The molecule has 0 unspecified atom stereocenters. The third-order valence-electron chi connectivity index (χ3n) is 5.24. The summed E-state index contributed by atoms with van der Waals surface area (Å²) in [6.45, 7) is 0. The average Bonchev–Trinajstić information content (AvgIpc) is 3.30. The van der Waals surface area contributed by atoms with Crippen LogP contribution in [0.4, 0.5) is 0 Å². The van der Waals surface area contributed by atoms with Crippen LogP contribution in [0.25, 0.3) is 0 Å². The Balaban J connectivity index is 1.42. The summed E-state index contributed by atoms with van der Waals surface area (Å²) in [6, 6.07) is 4.45. The fourth-order valence-electron chi connectivity index (χ4n) is 3.73. The van der Waals surface area contributed by atoms with Gasteiger partial charge in [-0.2, -0.15) is 0 Å². The molecule has 25 heavy (non-hydrogen) atoms. The van der Waals surface area contributed by atoms with Crippen molar-refractivity contribution in [3.63, 3.8) is 0 Å². The Hall–Kier alpha value is -1.49. The lowest BCUT2D eigenvalue weighted by Gasteiger charge is -2.34. The lowest BCUT2D eigenvalue weighted by atomic mass is 9.93. The number of ketones is 2. The fourth-order valence-corrected chi connectivity index (χ4v) is 4.43. The van der Waals surface area contributed by atoms with E-state index in [-0.39, 0.29) is 36.7 Å². The first kappa shape index (κ1) is 18.3. The van der Waals surface area contributed by atoms with Gasteiger partial charge in [-0.05, 0) is 37.1 Å². The van der Waals surface area contributed by atoms with Gasteiger partial charge in [0.25, 0.3) is 0 Å². The van der Waals surface area contributed by atoms with E-state index >= 15 is 0 Å². The number of Topliss-reactive ketones (excluding diaryl/α,β-unsaturated/α-hetero) is 2. The van der Waals surface area contributed by atoms with Gasteiger partial charge in [0, 0.05) is 37.8 Å². The highest BCUT2D eigenvalue weighted by molar-refractivity contribution is 7.12. The van der Waals surface area contributed by atoms with Gasteiger partial charge in [-0.1, -0.05) is 25.3 Å². The zero-order valence-corrected chi connectivity index (χ0v) is 15.6. The number of thiophene rings is 1. The minimum absolute atomic E-state index is 0.0245. The third-order valence-corrected chi connectivity index (χ3v) is 6.15. The predicted molar refractivity (Wildman–Crippen MR) is 98.9 cm³/mol. The van der Waals surface area contributed by atoms with Crippen molar-refractivity contribution >= 4 is 28.8 Å². The van der Waals surface area contributed by atoms with E-state index < -0.39 is 0 Å². The van der Waals surface area contributed by atoms with Crippen LogP contribution in [0, 0.1) is 0 Å². The summed E-state index contributed by atoms with van der Waals surface area (Å²) >= 11 is 1.41. The van der Waals surface area contributed by atoms with Gasteiger partial charge in [0.1, 0.15) is 5.78 Å². The maximum absolute atomic E-state index is 12.7. The molecule has 1 aromatic rings. The van der Waals surface area contributed by atoms with Crippen LogP contribution in [0.1, 0.15) is 80.3 Å². The predicted octanol–water partition coefficient (Wildman–Crippen LogP) is 4.38. The molecule has 136 valence electrons. The van der Waals surface area contributed by atoms with E-state index in [0.717, 1.165) is 25.7 Å². The Bertz CT molecular complexity index is 600.